The highest BCUT2D eigenvalue weighted by Gasteiger charge is 2.41. The molecular formula is C35H47N5O7S2. The summed E-state index contributed by atoms with van der Waals surface area (Å²) in [6.45, 7) is 9.18. The quantitative estimate of drug-likeness (QED) is 0.226. The van der Waals surface area contributed by atoms with Crippen LogP contribution in [0.2, 0.25) is 0 Å². The molecule has 0 spiro atoms. The SMILES string of the molecule is COc1ccc(S(=O)(=O)N(CC(C)C)C[C@@H](O)[C@H](Cc2ccccc2)NC(=O)[C@H](C(C)C)N2CCC(=O)N(Cc3csc(C)n3)C2=O)cc1. The summed E-state index contributed by atoms with van der Waals surface area (Å²) in [4.78, 5) is 47.7. The van der Waals surface area contributed by atoms with Crippen molar-refractivity contribution in [1.82, 2.24) is 24.4 Å². The van der Waals surface area contributed by atoms with Gasteiger partial charge in [-0.05, 0) is 55.0 Å². The number of hydrogen-bond donors (Lipinski definition) is 2. The van der Waals surface area contributed by atoms with Crippen molar-refractivity contribution in [3.8, 4) is 5.75 Å². The Hall–Kier alpha value is -3.85. The first kappa shape index (κ1) is 38.0. The van der Waals surface area contributed by atoms with E-state index in [4.69, 9.17) is 4.74 Å². The number of thiazole rings is 1. The molecule has 1 saturated heterocycles. The van der Waals surface area contributed by atoms with E-state index in [1.54, 1.807) is 17.5 Å². The van der Waals surface area contributed by atoms with Gasteiger partial charge in [0.05, 0.1) is 41.4 Å². The third kappa shape index (κ3) is 9.65. The zero-order valence-electron chi connectivity index (χ0n) is 28.9. The van der Waals surface area contributed by atoms with Crippen LogP contribution in [-0.4, -0.2) is 95.4 Å². The Morgan fingerprint density at radius 3 is 2.31 bits per heavy atom. The van der Waals surface area contributed by atoms with E-state index in [9.17, 15) is 27.9 Å². The number of imide groups is 1. The number of nitrogens with one attached hydrogen (secondary N) is 1. The Morgan fingerprint density at radius 2 is 1.73 bits per heavy atom. The van der Waals surface area contributed by atoms with E-state index < -0.39 is 40.1 Å². The summed E-state index contributed by atoms with van der Waals surface area (Å²) < 4.78 is 34.1. The monoisotopic (exact) mass is 713 g/mol. The molecule has 14 heteroatoms. The van der Waals surface area contributed by atoms with Crippen molar-refractivity contribution >= 4 is 39.2 Å². The number of rotatable bonds is 16. The molecule has 3 aromatic rings. The van der Waals surface area contributed by atoms with Gasteiger partial charge in [0.25, 0.3) is 0 Å². The lowest BCUT2D eigenvalue weighted by Crippen LogP contribution is -2.62. The summed E-state index contributed by atoms with van der Waals surface area (Å²) in [5.41, 5.74) is 1.42. The predicted molar refractivity (Wildman–Crippen MR) is 187 cm³/mol. The fourth-order valence-electron chi connectivity index (χ4n) is 5.90. The standard InChI is InChI=1S/C35H47N5O7S2/c1-23(2)19-38(49(45,46)29-14-12-28(47-6)13-15-29)21-31(41)30(18-26-10-8-7-9-11-26)37-34(43)33(24(3)4)39-17-16-32(42)40(35(39)44)20-27-22-48-25(5)36-27/h7-15,22-24,30-31,33,41H,16-21H2,1-6H3,(H,37,43)/t30-,31+,33-/m0/s1. The third-order valence-corrected chi connectivity index (χ3v) is 11.0. The van der Waals surface area contributed by atoms with Crippen LogP contribution in [0.25, 0.3) is 0 Å². The van der Waals surface area contributed by atoms with Gasteiger partial charge in [-0.15, -0.1) is 11.3 Å². The van der Waals surface area contributed by atoms with Gasteiger partial charge in [-0.1, -0.05) is 58.0 Å². The number of nitrogens with zero attached hydrogens (tertiary/aromatic N) is 4. The van der Waals surface area contributed by atoms with Crippen molar-refractivity contribution in [3.63, 3.8) is 0 Å². The number of aliphatic hydroxyl groups is 1. The van der Waals surface area contributed by atoms with Crippen molar-refractivity contribution in [1.29, 1.82) is 0 Å². The van der Waals surface area contributed by atoms with E-state index >= 15 is 0 Å². The number of carbonyl (C=O) groups is 3. The van der Waals surface area contributed by atoms with Crippen LogP contribution in [0.1, 0.15) is 50.4 Å². The molecule has 0 saturated carbocycles. The zero-order valence-corrected chi connectivity index (χ0v) is 30.5. The van der Waals surface area contributed by atoms with Crippen LogP contribution >= 0.6 is 11.3 Å². The summed E-state index contributed by atoms with van der Waals surface area (Å²) >= 11 is 1.42. The van der Waals surface area contributed by atoms with Gasteiger partial charge in [0.1, 0.15) is 11.8 Å². The van der Waals surface area contributed by atoms with Crippen LogP contribution < -0.4 is 10.1 Å². The molecule has 1 aliphatic heterocycles. The number of carbonyl (C=O) groups excluding carboxylic acids is 3. The molecule has 4 amide bonds. The fraction of sp³-hybridized carbons (Fsp3) is 0.486. The average Bonchev–Trinajstić information content (AvgIpc) is 3.48. The summed E-state index contributed by atoms with van der Waals surface area (Å²) in [7, 11) is -2.53. The average molecular weight is 714 g/mol. The summed E-state index contributed by atoms with van der Waals surface area (Å²) in [5, 5.41) is 17.3. The Bertz CT molecular complexity index is 1680. The van der Waals surface area contributed by atoms with Crippen molar-refractivity contribution in [2.24, 2.45) is 11.8 Å². The maximum Gasteiger partial charge on any atom is 0.327 e. The maximum atomic E-state index is 14.2. The second-order valence-corrected chi connectivity index (χ2v) is 16.0. The highest BCUT2D eigenvalue weighted by atomic mass is 32.2. The normalized spacial score (nSPS) is 16.0. The van der Waals surface area contributed by atoms with E-state index in [-0.39, 0.29) is 61.7 Å². The first-order valence-electron chi connectivity index (χ1n) is 16.4. The molecule has 12 nitrogen and oxygen atoms in total. The lowest BCUT2D eigenvalue weighted by molar-refractivity contribution is -0.136. The van der Waals surface area contributed by atoms with E-state index in [2.05, 4.69) is 10.3 Å². The number of aromatic nitrogens is 1. The minimum atomic E-state index is -4.03. The first-order chi connectivity index (χ1) is 23.2. The minimum Gasteiger partial charge on any atom is -0.497 e. The third-order valence-electron chi connectivity index (χ3n) is 8.31. The number of aliphatic hydroxyl groups excluding tert-OH is 1. The smallest absolute Gasteiger partial charge is 0.327 e. The number of sulfonamides is 1. The Balaban J connectivity index is 1.60. The van der Waals surface area contributed by atoms with Gasteiger partial charge in [-0.3, -0.25) is 14.5 Å². The van der Waals surface area contributed by atoms with E-state index in [0.29, 0.717) is 11.4 Å². The largest absolute Gasteiger partial charge is 0.497 e. The van der Waals surface area contributed by atoms with E-state index in [1.807, 2.05) is 65.0 Å². The summed E-state index contributed by atoms with van der Waals surface area (Å²) in [6.07, 6.45) is -1.06. The van der Waals surface area contributed by atoms with Crippen LogP contribution in [-0.2, 0) is 32.6 Å². The molecule has 2 N–H and O–H groups in total. The Morgan fingerprint density at radius 1 is 1.06 bits per heavy atom. The van der Waals surface area contributed by atoms with Crippen LogP contribution in [0.15, 0.2) is 64.9 Å². The number of methoxy groups -OCH3 is 1. The first-order valence-corrected chi connectivity index (χ1v) is 18.7. The number of benzene rings is 2. The molecule has 0 bridgehead atoms. The predicted octanol–water partition coefficient (Wildman–Crippen LogP) is 4.07. The second kappa shape index (κ2) is 16.7. The molecule has 3 atom stereocenters. The van der Waals surface area contributed by atoms with Gasteiger partial charge in [0.15, 0.2) is 0 Å². The van der Waals surface area contributed by atoms with E-state index in [0.717, 1.165) is 15.5 Å². The number of ether oxygens (including phenoxy) is 1. The summed E-state index contributed by atoms with van der Waals surface area (Å²) in [6, 6.07) is 12.9. The van der Waals surface area contributed by atoms with Gasteiger partial charge in [-0.2, -0.15) is 4.31 Å². The van der Waals surface area contributed by atoms with Crippen LogP contribution in [0.5, 0.6) is 5.75 Å². The van der Waals surface area contributed by atoms with Gasteiger partial charge >= 0.3 is 6.03 Å². The zero-order chi connectivity index (χ0) is 35.9. The van der Waals surface area contributed by atoms with Crippen molar-refractivity contribution in [3.05, 3.63) is 76.2 Å². The highest BCUT2D eigenvalue weighted by Crippen LogP contribution is 2.24. The van der Waals surface area contributed by atoms with Crippen LogP contribution in [0.3, 0.4) is 0 Å². The van der Waals surface area contributed by atoms with Crippen molar-refractivity contribution in [2.75, 3.05) is 26.7 Å². The molecule has 1 fully saturated rings. The topological polar surface area (TPSA) is 149 Å². The number of amides is 4. The molecule has 1 aromatic heterocycles. The molecule has 2 heterocycles. The van der Waals surface area contributed by atoms with E-state index in [1.165, 1.54) is 39.8 Å². The molecule has 2 aromatic carbocycles. The second-order valence-electron chi connectivity index (χ2n) is 13.0. The lowest BCUT2D eigenvalue weighted by Gasteiger charge is -2.40. The van der Waals surface area contributed by atoms with Crippen molar-refractivity contribution in [2.45, 2.75) is 77.1 Å². The molecule has 0 radical (unpaired) electrons. The number of aryl methyl sites for hydroxylation is 1. The van der Waals surface area contributed by atoms with Crippen LogP contribution in [0.4, 0.5) is 4.79 Å². The van der Waals surface area contributed by atoms with Crippen LogP contribution in [0, 0.1) is 18.8 Å². The molecule has 266 valence electrons. The highest BCUT2D eigenvalue weighted by molar-refractivity contribution is 7.89. The Labute approximate surface area is 293 Å². The molecule has 0 aliphatic carbocycles. The fourth-order valence-corrected chi connectivity index (χ4v) is 8.12. The molecule has 1 aliphatic rings. The molecular weight excluding hydrogens is 667 g/mol. The number of urea groups is 1. The number of hydrogen-bond acceptors (Lipinski definition) is 9. The lowest BCUT2D eigenvalue weighted by atomic mass is 9.97. The maximum absolute atomic E-state index is 14.2. The summed E-state index contributed by atoms with van der Waals surface area (Å²) in [5.74, 6) is -0.733. The Kier molecular flexibility index (Phi) is 12.9. The van der Waals surface area contributed by atoms with Crippen molar-refractivity contribution < 1.29 is 32.6 Å². The van der Waals surface area contributed by atoms with Gasteiger partial charge < -0.3 is 20.1 Å². The molecule has 0 unspecified atom stereocenters. The molecule has 4 rings (SSSR count). The minimum absolute atomic E-state index is 0.00857. The van der Waals surface area contributed by atoms with Gasteiger partial charge in [-0.25, -0.2) is 18.2 Å². The van der Waals surface area contributed by atoms with Gasteiger partial charge in [0.2, 0.25) is 21.8 Å². The van der Waals surface area contributed by atoms with Gasteiger partial charge in [0, 0.05) is 31.4 Å². The molecule has 49 heavy (non-hydrogen) atoms.